The van der Waals surface area contributed by atoms with Gasteiger partial charge in [0, 0.05) is 18.4 Å². The smallest absolute Gasteiger partial charge is 0.151 e. The molecule has 1 aromatic carbocycles. The molecule has 20 heavy (non-hydrogen) atoms. The number of rotatable bonds is 5. The molecule has 0 aliphatic carbocycles. The summed E-state index contributed by atoms with van der Waals surface area (Å²) in [5, 5.41) is -0.380. The molecular formula is C13H16ClFN2O2S. The summed E-state index contributed by atoms with van der Waals surface area (Å²) >= 11 is 6.08. The number of aromatic nitrogens is 2. The summed E-state index contributed by atoms with van der Waals surface area (Å²) < 4.78 is 38.3. The molecule has 1 unspecified atom stereocenters. The Bertz CT molecular complexity index is 725. The van der Waals surface area contributed by atoms with Crippen LogP contribution in [0.4, 0.5) is 4.39 Å². The molecule has 0 spiro atoms. The number of alkyl halides is 1. The second kappa shape index (κ2) is 5.69. The largest absolute Gasteiger partial charge is 0.326 e. The van der Waals surface area contributed by atoms with E-state index >= 15 is 0 Å². The number of hydrogen-bond acceptors (Lipinski definition) is 3. The fraction of sp³-hybridized carbons (Fsp3) is 0.462. The summed E-state index contributed by atoms with van der Waals surface area (Å²) in [6, 6.07) is 4.25. The molecule has 2 aromatic rings. The number of nitrogens with zero attached hydrogens (tertiary/aromatic N) is 2. The first kappa shape index (κ1) is 15.3. The van der Waals surface area contributed by atoms with Crippen molar-refractivity contribution in [1.82, 2.24) is 9.55 Å². The second-order valence-electron chi connectivity index (χ2n) is 4.61. The van der Waals surface area contributed by atoms with Crippen LogP contribution >= 0.6 is 11.6 Å². The van der Waals surface area contributed by atoms with E-state index in [1.54, 1.807) is 24.5 Å². The van der Waals surface area contributed by atoms with Crippen molar-refractivity contribution in [3.8, 4) is 0 Å². The van der Waals surface area contributed by atoms with E-state index in [0.717, 1.165) is 0 Å². The van der Waals surface area contributed by atoms with Crippen molar-refractivity contribution in [1.29, 1.82) is 0 Å². The molecule has 0 amide bonds. The highest BCUT2D eigenvalue weighted by molar-refractivity contribution is 7.91. The third-order valence-corrected chi connectivity index (χ3v) is 5.04. The highest BCUT2D eigenvalue weighted by Crippen LogP contribution is 2.25. The molecule has 0 aliphatic rings. The Balaban J connectivity index is 2.46. The number of imidazole rings is 1. The van der Waals surface area contributed by atoms with Crippen LogP contribution in [-0.2, 0) is 16.4 Å². The molecular weight excluding hydrogens is 303 g/mol. The van der Waals surface area contributed by atoms with Gasteiger partial charge in [-0.15, -0.1) is 11.6 Å². The Hall–Kier alpha value is -1.14. The van der Waals surface area contributed by atoms with Crippen LogP contribution in [-0.4, -0.2) is 29.5 Å². The lowest BCUT2D eigenvalue weighted by Gasteiger charge is -2.10. The summed E-state index contributed by atoms with van der Waals surface area (Å²) in [7, 11) is -3.08. The van der Waals surface area contributed by atoms with Gasteiger partial charge in [-0.3, -0.25) is 0 Å². The zero-order valence-electron chi connectivity index (χ0n) is 11.3. The third kappa shape index (κ3) is 3.12. The first-order chi connectivity index (χ1) is 9.34. The van der Waals surface area contributed by atoms with Crippen molar-refractivity contribution in [2.75, 3.05) is 11.5 Å². The first-order valence-corrected chi connectivity index (χ1v) is 8.60. The average molecular weight is 319 g/mol. The minimum atomic E-state index is -3.08. The van der Waals surface area contributed by atoms with Gasteiger partial charge in [0.15, 0.2) is 9.84 Å². The Morgan fingerprint density at radius 2 is 2.15 bits per heavy atom. The topological polar surface area (TPSA) is 52.0 Å². The summed E-state index contributed by atoms with van der Waals surface area (Å²) in [5.74, 6) is 0.291. The van der Waals surface area contributed by atoms with E-state index in [4.69, 9.17) is 11.6 Å². The number of hydrogen-bond donors (Lipinski definition) is 0. The van der Waals surface area contributed by atoms with Gasteiger partial charge in [-0.2, -0.15) is 0 Å². The van der Waals surface area contributed by atoms with E-state index in [0.29, 0.717) is 16.9 Å². The van der Waals surface area contributed by atoms with Crippen LogP contribution in [0.1, 0.15) is 25.0 Å². The molecule has 110 valence electrons. The Labute approximate surface area is 122 Å². The number of fused-ring (bicyclic) bond motifs is 1. The van der Waals surface area contributed by atoms with Crippen molar-refractivity contribution < 1.29 is 12.8 Å². The number of aryl methyl sites for hydroxylation is 1. The minimum absolute atomic E-state index is 0.0168. The van der Waals surface area contributed by atoms with Gasteiger partial charge >= 0.3 is 0 Å². The van der Waals surface area contributed by atoms with E-state index in [-0.39, 0.29) is 29.2 Å². The van der Waals surface area contributed by atoms with Crippen LogP contribution in [0.3, 0.4) is 0 Å². The SMILES string of the molecule is CCS(=O)(=O)CCn1c(C(C)Cl)nc2cc(F)ccc21. The van der Waals surface area contributed by atoms with Crippen molar-refractivity contribution in [3.05, 3.63) is 29.8 Å². The summed E-state index contributed by atoms with van der Waals surface area (Å²) in [5.41, 5.74) is 1.18. The van der Waals surface area contributed by atoms with E-state index in [9.17, 15) is 12.8 Å². The normalized spacial score (nSPS) is 13.8. The van der Waals surface area contributed by atoms with Crippen LogP contribution in [0.25, 0.3) is 11.0 Å². The maximum atomic E-state index is 13.2. The van der Waals surface area contributed by atoms with Gasteiger partial charge in [0.2, 0.25) is 0 Å². The Morgan fingerprint density at radius 1 is 1.45 bits per heavy atom. The standard InChI is InChI=1S/C13H16ClFN2O2S/c1-3-20(18,19)7-6-17-12-5-4-10(15)8-11(12)16-13(17)9(2)14/h4-5,8-9H,3,6-7H2,1-2H3. The molecule has 2 rings (SSSR count). The molecule has 1 heterocycles. The highest BCUT2D eigenvalue weighted by Gasteiger charge is 2.17. The van der Waals surface area contributed by atoms with E-state index < -0.39 is 9.84 Å². The predicted molar refractivity (Wildman–Crippen MR) is 78.3 cm³/mol. The van der Waals surface area contributed by atoms with Gasteiger partial charge in [0.05, 0.1) is 22.2 Å². The fourth-order valence-electron chi connectivity index (χ4n) is 2.03. The summed E-state index contributed by atoms with van der Waals surface area (Å²) in [6.45, 7) is 3.64. The van der Waals surface area contributed by atoms with Crippen LogP contribution in [0.5, 0.6) is 0 Å². The van der Waals surface area contributed by atoms with E-state index in [1.807, 2.05) is 0 Å². The molecule has 0 fully saturated rings. The van der Waals surface area contributed by atoms with Crippen LogP contribution in [0.15, 0.2) is 18.2 Å². The van der Waals surface area contributed by atoms with E-state index in [2.05, 4.69) is 4.98 Å². The maximum Gasteiger partial charge on any atom is 0.151 e. The first-order valence-electron chi connectivity index (χ1n) is 6.34. The fourth-order valence-corrected chi connectivity index (χ4v) is 2.95. The molecule has 1 atom stereocenters. The molecule has 4 nitrogen and oxygen atoms in total. The molecule has 1 aromatic heterocycles. The van der Waals surface area contributed by atoms with Gasteiger partial charge < -0.3 is 4.57 Å². The average Bonchev–Trinajstić information content (AvgIpc) is 2.74. The zero-order valence-corrected chi connectivity index (χ0v) is 12.9. The van der Waals surface area contributed by atoms with Gasteiger partial charge in [-0.1, -0.05) is 6.92 Å². The lowest BCUT2D eigenvalue weighted by molar-refractivity contribution is 0.589. The van der Waals surface area contributed by atoms with Crippen molar-refractivity contribution >= 4 is 32.5 Å². The lowest BCUT2D eigenvalue weighted by Crippen LogP contribution is -2.16. The lowest BCUT2D eigenvalue weighted by atomic mass is 10.3. The second-order valence-corrected chi connectivity index (χ2v) is 7.73. The van der Waals surface area contributed by atoms with Crippen LogP contribution in [0.2, 0.25) is 0 Å². The highest BCUT2D eigenvalue weighted by atomic mass is 35.5. The number of benzene rings is 1. The van der Waals surface area contributed by atoms with Crippen molar-refractivity contribution in [2.45, 2.75) is 25.8 Å². The molecule has 0 aliphatic heterocycles. The molecule has 0 saturated carbocycles. The quantitative estimate of drug-likeness (QED) is 0.796. The molecule has 0 N–H and O–H groups in total. The van der Waals surface area contributed by atoms with Gasteiger partial charge in [-0.25, -0.2) is 17.8 Å². The Morgan fingerprint density at radius 3 is 2.75 bits per heavy atom. The Kier molecular flexibility index (Phi) is 4.34. The van der Waals surface area contributed by atoms with E-state index in [1.165, 1.54) is 12.1 Å². The van der Waals surface area contributed by atoms with Gasteiger partial charge in [0.1, 0.15) is 11.6 Å². The van der Waals surface area contributed by atoms with Crippen molar-refractivity contribution in [3.63, 3.8) is 0 Å². The molecule has 0 bridgehead atoms. The van der Waals surface area contributed by atoms with Crippen LogP contribution < -0.4 is 0 Å². The summed E-state index contributed by atoms with van der Waals surface area (Å²) in [6.07, 6.45) is 0. The van der Waals surface area contributed by atoms with Crippen LogP contribution in [0, 0.1) is 5.82 Å². The predicted octanol–water partition coefficient (Wildman–Crippen LogP) is 2.91. The molecule has 0 saturated heterocycles. The number of halogens is 2. The molecule has 0 radical (unpaired) electrons. The van der Waals surface area contributed by atoms with Gasteiger partial charge in [0.25, 0.3) is 0 Å². The monoisotopic (exact) mass is 318 g/mol. The van der Waals surface area contributed by atoms with Crippen molar-refractivity contribution in [2.24, 2.45) is 0 Å². The zero-order chi connectivity index (χ0) is 14.9. The molecule has 7 heteroatoms. The number of sulfone groups is 1. The maximum absolute atomic E-state index is 13.2. The minimum Gasteiger partial charge on any atom is -0.326 e. The third-order valence-electron chi connectivity index (χ3n) is 3.16. The summed E-state index contributed by atoms with van der Waals surface area (Å²) in [4.78, 5) is 4.30. The van der Waals surface area contributed by atoms with Gasteiger partial charge in [-0.05, 0) is 19.1 Å².